The monoisotopic (exact) mass is 477 g/mol. The molecule has 0 radical (unpaired) electrons. The van der Waals surface area contributed by atoms with Gasteiger partial charge in [-0.3, -0.25) is 9.69 Å². The number of alkyl halides is 2. The minimum atomic E-state index is -1.13. The third-order valence-electron chi connectivity index (χ3n) is 3.86. The number of benzene rings is 2. The first kappa shape index (κ1) is 23.4. The van der Waals surface area contributed by atoms with Crippen LogP contribution < -0.4 is 20.3 Å². The number of nitrogens with one attached hydrogen (secondary N) is 2. The third kappa shape index (κ3) is 7.16. The first-order chi connectivity index (χ1) is 13.8. The standard InChI is InChI=1S/C19H19Cl4N3O3/c1-29-14-6-4-13(5-7-14)26(10-2-9-24-18(27)17(22)23)19(28)25-12-3-8-15(20)16(21)11-12/h3-8,11,17H,2,9-10H2,1H3,(H,24,27)(H,25,28). The fourth-order valence-corrected chi connectivity index (χ4v) is 2.85. The first-order valence-electron chi connectivity index (χ1n) is 8.55. The Morgan fingerprint density at radius 2 is 1.76 bits per heavy atom. The van der Waals surface area contributed by atoms with E-state index in [1.165, 1.54) is 4.90 Å². The number of hydrogen-bond donors (Lipinski definition) is 2. The predicted molar refractivity (Wildman–Crippen MR) is 119 cm³/mol. The SMILES string of the molecule is COc1ccc(N(CCCNC(=O)C(Cl)Cl)C(=O)Nc2ccc(Cl)c(Cl)c2)cc1. The van der Waals surface area contributed by atoms with Crippen molar-refractivity contribution in [2.75, 3.05) is 30.4 Å². The smallest absolute Gasteiger partial charge is 0.326 e. The number of methoxy groups -OCH3 is 1. The Labute approximate surface area is 189 Å². The average Bonchev–Trinajstić information content (AvgIpc) is 2.70. The summed E-state index contributed by atoms with van der Waals surface area (Å²) < 4.78 is 5.16. The van der Waals surface area contributed by atoms with Crippen LogP contribution in [0.25, 0.3) is 0 Å². The molecule has 0 aliphatic heterocycles. The number of anilines is 2. The van der Waals surface area contributed by atoms with Gasteiger partial charge in [-0.2, -0.15) is 0 Å². The maximum Gasteiger partial charge on any atom is 0.326 e. The largest absolute Gasteiger partial charge is 0.497 e. The van der Waals surface area contributed by atoms with Crippen LogP contribution in [0, 0.1) is 0 Å². The molecule has 0 aromatic heterocycles. The molecule has 3 amide bonds. The Balaban J connectivity index is 2.10. The van der Waals surface area contributed by atoms with Crippen molar-refractivity contribution < 1.29 is 14.3 Å². The van der Waals surface area contributed by atoms with Crippen LogP contribution >= 0.6 is 46.4 Å². The summed E-state index contributed by atoms with van der Waals surface area (Å²) in [5, 5.41) is 6.11. The summed E-state index contributed by atoms with van der Waals surface area (Å²) >= 11 is 22.9. The molecule has 0 atom stereocenters. The number of rotatable bonds is 8. The molecule has 10 heteroatoms. The van der Waals surface area contributed by atoms with Gasteiger partial charge in [-0.15, -0.1) is 0 Å². The minimum Gasteiger partial charge on any atom is -0.497 e. The number of carbonyl (C=O) groups is 2. The Hall–Kier alpha value is -1.86. The zero-order valence-corrected chi connectivity index (χ0v) is 18.4. The summed E-state index contributed by atoms with van der Waals surface area (Å²) in [6.07, 6.45) is 0.479. The first-order valence-corrected chi connectivity index (χ1v) is 10.2. The van der Waals surface area contributed by atoms with Crippen LogP contribution in [0.15, 0.2) is 42.5 Å². The summed E-state index contributed by atoms with van der Waals surface area (Å²) in [5.41, 5.74) is 1.16. The van der Waals surface area contributed by atoms with Gasteiger partial charge in [0, 0.05) is 24.5 Å². The molecule has 0 saturated heterocycles. The number of halogens is 4. The molecule has 2 aromatic carbocycles. The number of carbonyl (C=O) groups excluding carboxylic acids is 2. The maximum atomic E-state index is 12.9. The summed E-state index contributed by atoms with van der Waals surface area (Å²) in [6, 6.07) is 11.5. The van der Waals surface area contributed by atoms with Crippen LogP contribution in [0.4, 0.5) is 16.2 Å². The molecule has 0 aliphatic carbocycles. The molecular formula is C19H19Cl4N3O3. The number of ether oxygens (including phenoxy) is 1. The lowest BCUT2D eigenvalue weighted by molar-refractivity contribution is -0.119. The molecule has 156 valence electrons. The van der Waals surface area contributed by atoms with Gasteiger partial charge in [0.15, 0.2) is 4.84 Å². The lowest BCUT2D eigenvalue weighted by atomic mass is 10.2. The van der Waals surface area contributed by atoms with E-state index in [-0.39, 0.29) is 6.03 Å². The lowest BCUT2D eigenvalue weighted by Gasteiger charge is -2.24. The lowest BCUT2D eigenvalue weighted by Crippen LogP contribution is -2.38. The van der Waals surface area contributed by atoms with Crippen molar-refractivity contribution in [3.05, 3.63) is 52.5 Å². The Kier molecular flexibility index (Phi) is 9.17. The third-order valence-corrected chi connectivity index (χ3v) is 4.99. The molecule has 2 aromatic rings. The molecule has 0 unspecified atom stereocenters. The van der Waals surface area contributed by atoms with Crippen LogP contribution in [0.3, 0.4) is 0 Å². The van der Waals surface area contributed by atoms with E-state index in [9.17, 15) is 9.59 Å². The van der Waals surface area contributed by atoms with Crippen LogP contribution in [-0.2, 0) is 4.79 Å². The summed E-state index contributed by atoms with van der Waals surface area (Å²) in [7, 11) is 1.56. The van der Waals surface area contributed by atoms with E-state index >= 15 is 0 Å². The molecule has 0 bridgehead atoms. The van der Waals surface area contributed by atoms with Crippen molar-refractivity contribution in [3.8, 4) is 5.75 Å². The van der Waals surface area contributed by atoms with Crippen LogP contribution in [-0.4, -0.2) is 37.0 Å². The molecule has 0 spiro atoms. The van der Waals surface area contributed by atoms with E-state index < -0.39 is 10.7 Å². The summed E-state index contributed by atoms with van der Waals surface area (Å²) in [5.74, 6) is 0.186. The van der Waals surface area contributed by atoms with E-state index in [1.807, 2.05) is 0 Å². The highest BCUT2D eigenvalue weighted by atomic mass is 35.5. The van der Waals surface area contributed by atoms with Gasteiger partial charge in [0.05, 0.1) is 17.2 Å². The fraction of sp³-hybridized carbons (Fsp3) is 0.263. The van der Waals surface area contributed by atoms with Gasteiger partial charge in [0.2, 0.25) is 0 Å². The molecule has 29 heavy (non-hydrogen) atoms. The molecule has 0 heterocycles. The Morgan fingerprint density at radius 1 is 1.07 bits per heavy atom. The quantitative estimate of drug-likeness (QED) is 0.396. The van der Waals surface area contributed by atoms with Gasteiger partial charge in [-0.25, -0.2) is 4.79 Å². The van der Waals surface area contributed by atoms with E-state index in [2.05, 4.69) is 10.6 Å². The summed E-state index contributed by atoms with van der Waals surface area (Å²) in [6.45, 7) is 0.635. The molecule has 2 N–H and O–H groups in total. The van der Waals surface area contributed by atoms with Gasteiger partial charge in [0.25, 0.3) is 5.91 Å². The van der Waals surface area contributed by atoms with Crippen molar-refractivity contribution in [2.24, 2.45) is 0 Å². The molecule has 2 rings (SSSR count). The highest BCUT2D eigenvalue weighted by Crippen LogP contribution is 2.26. The van der Waals surface area contributed by atoms with Crippen molar-refractivity contribution in [1.82, 2.24) is 5.32 Å². The zero-order chi connectivity index (χ0) is 21.4. The molecular weight excluding hydrogens is 460 g/mol. The van der Waals surface area contributed by atoms with Crippen LogP contribution in [0.5, 0.6) is 5.75 Å². The highest BCUT2D eigenvalue weighted by Gasteiger charge is 2.17. The Morgan fingerprint density at radius 3 is 2.34 bits per heavy atom. The Bertz CT molecular complexity index is 847. The van der Waals surface area contributed by atoms with Gasteiger partial charge < -0.3 is 15.4 Å². The van der Waals surface area contributed by atoms with Crippen molar-refractivity contribution in [2.45, 2.75) is 11.3 Å². The predicted octanol–water partition coefficient (Wildman–Crippen LogP) is 5.35. The second-order valence-electron chi connectivity index (χ2n) is 5.85. The van der Waals surface area contributed by atoms with Crippen molar-refractivity contribution in [3.63, 3.8) is 0 Å². The number of amides is 3. The van der Waals surface area contributed by atoms with E-state index in [0.29, 0.717) is 46.7 Å². The van der Waals surface area contributed by atoms with E-state index in [4.69, 9.17) is 51.1 Å². The maximum absolute atomic E-state index is 12.9. The molecule has 0 fully saturated rings. The second kappa shape index (κ2) is 11.4. The van der Waals surface area contributed by atoms with E-state index in [1.54, 1.807) is 49.6 Å². The normalized spacial score (nSPS) is 10.6. The molecule has 0 saturated carbocycles. The highest BCUT2D eigenvalue weighted by molar-refractivity contribution is 6.53. The van der Waals surface area contributed by atoms with Gasteiger partial charge in [-0.05, 0) is 48.9 Å². The average molecular weight is 479 g/mol. The van der Waals surface area contributed by atoms with Gasteiger partial charge >= 0.3 is 6.03 Å². The van der Waals surface area contributed by atoms with Crippen molar-refractivity contribution in [1.29, 1.82) is 0 Å². The summed E-state index contributed by atoms with van der Waals surface area (Å²) in [4.78, 5) is 24.7. The van der Waals surface area contributed by atoms with Crippen LogP contribution in [0.1, 0.15) is 6.42 Å². The fourth-order valence-electron chi connectivity index (χ4n) is 2.40. The van der Waals surface area contributed by atoms with Gasteiger partial charge in [0.1, 0.15) is 5.75 Å². The zero-order valence-electron chi connectivity index (χ0n) is 15.4. The number of nitrogens with zero attached hydrogens (tertiary/aromatic N) is 1. The van der Waals surface area contributed by atoms with Crippen molar-refractivity contribution >= 4 is 69.7 Å². The molecule has 0 aliphatic rings. The van der Waals surface area contributed by atoms with E-state index in [0.717, 1.165) is 0 Å². The number of urea groups is 1. The number of hydrogen-bond acceptors (Lipinski definition) is 3. The van der Waals surface area contributed by atoms with Gasteiger partial charge in [-0.1, -0.05) is 46.4 Å². The molecule has 6 nitrogen and oxygen atoms in total. The van der Waals surface area contributed by atoms with Crippen LogP contribution in [0.2, 0.25) is 10.0 Å². The minimum absolute atomic E-state index is 0.307. The second-order valence-corrected chi connectivity index (χ2v) is 7.76. The topological polar surface area (TPSA) is 70.7 Å².